The number of hydrogen-bond donors (Lipinski definition) is 3. The Morgan fingerprint density at radius 2 is 1.50 bits per heavy atom. The van der Waals surface area contributed by atoms with Gasteiger partial charge in [0.15, 0.2) is 0 Å². The highest BCUT2D eigenvalue weighted by Gasteiger charge is 2.17. The van der Waals surface area contributed by atoms with Crippen LogP contribution in [0.3, 0.4) is 0 Å². The number of nitrogens with one attached hydrogen (secondary N) is 3. The van der Waals surface area contributed by atoms with Crippen molar-refractivity contribution in [3.63, 3.8) is 0 Å². The van der Waals surface area contributed by atoms with E-state index in [1.54, 1.807) is 48.5 Å². The first kappa shape index (κ1) is 23.9. The lowest BCUT2D eigenvalue weighted by Gasteiger charge is -2.11. The van der Waals surface area contributed by atoms with Gasteiger partial charge in [0, 0.05) is 5.69 Å². The number of rotatable bonds is 6. The summed E-state index contributed by atoms with van der Waals surface area (Å²) in [5.74, 6) is -2.92. The summed E-state index contributed by atoms with van der Waals surface area (Å²) >= 11 is 0. The minimum atomic E-state index is -1.02. The van der Waals surface area contributed by atoms with Crippen LogP contribution in [0.4, 0.5) is 11.4 Å². The third-order valence-electron chi connectivity index (χ3n) is 4.65. The Kier molecular flexibility index (Phi) is 7.85. The molecule has 9 heteroatoms. The second-order valence-electron chi connectivity index (χ2n) is 7.13. The SMILES string of the molecule is COC(=O)c1ccc(C=NNC(=O)C(=O)Nc2ccccc2C(=O)Nc2ccc(C)cc2)cc1. The van der Waals surface area contributed by atoms with Crippen molar-refractivity contribution in [3.05, 3.63) is 95.1 Å². The zero-order chi connectivity index (χ0) is 24.5. The van der Waals surface area contributed by atoms with Crippen LogP contribution >= 0.6 is 0 Å². The summed E-state index contributed by atoms with van der Waals surface area (Å²) in [6, 6.07) is 19.9. The largest absolute Gasteiger partial charge is 0.465 e. The molecule has 0 radical (unpaired) electrons. The number of para-hydroxylation sites is 1. The van der Waals surface area contributed by atoms with Crippen LogP contribution in [0.15, 0.2) is 77.9 Å². The van der Waals surface area contributed by atoms with Crippen LogP contribution in [0.5, 0.6) is 0 Å². The quantitative estimate of drug-likeness (QED) is 0.226. The van der Waals surface area contributed by atoms with Crippen molar-refractivity contribution in [2.24, 2.45) is 5.10 Å². The maximum Gasteiger partial charge on any atom is 0.337 e. The van der Waals surface area contributed by atoms with Crippen LogP contribution in [0.25, 0.3) is 0 Å². The van der Waals surface area contributed by atoms with Crippen LogP contribution in [0, 0.1) is 6.92 Å². The molecule has 0 aliphatic carbocycles. The van der Waals surface area contributed by atoms with E-state index in [9.17, 15) is 19.2 Å². The van der Waals surface area contributed by atoms with Crippen LogP contribution in [-0.2, 0) is 14.3 Å². The molecular weight excluding hydrogens is 436 g/mol. The standard InChI is InChI=1S/C25H22N4O5/c1-16-7-13-19(14-8-16)27-22(30)20-5-3-4-6-21(20)28-23(31)24(32)29-26-15-17-9-11-18(12-10-17)25(33)34-2/h3-15H,1-2H3,(H,27,30)(H,28,31)(H,29,32). The summed E-state index contributed by atoms with van der Waals surface area (Å²) in [6.07, 6.45) is 1.31. The van der Waals surface area contributed by atoms with Gasteiger partial charge in [-0.05, 0) is 48.9 Å². The van der Waals surface area contributed by atoms with E-state index in [-0.39, 0.29) is 11.3 Å². The molecule has 0 spiro atoms. The maximum absolute atomic E-state index is 12.7. The first-order valence-corrected chi connectivity index (χ1v) is 10.2. The third kappa shape index (κ3) is 6.36. The summed E-state index contributed by atoms with van der Waals surface area (Å²) in [5, 5.41) is 8.91. The van der Waals surface area contributed by atoms with Gasteiger partial charge in [-0.3, -0.25) is 14.4 Å². The van der Waals surface area contributed by atoms with Gasteiger partial charge in [0.2, 0.25) is 0 Å². The lowest BCUT2D eigenvalue weighted by atomic mass is 10.1. The molecule has 0 aliphatic heterocycles. The maximum atomic E-state index is 12.7. The molecule has 34 heavy (non-hydrogen) atoms. The number of aryl methyl sites for hydroxylation is 1. The summed E-state index contributed by atoms with van der Waals surface area (Å²) in [6.45, 7) is 1.94. The predicted molar refractivity (Wildman–Crippen MR) is 128 cm³/mol. The Morgan fingerprint density at radius 3 is 2.18 bits per heavy atom. The van der Waals surface area contributed by atoms with Crippen LogP contribution < -0.4 is 16.1 Å². The fourth-order valence-corrected chi connectivity index (χ4v) is 2.84. The van der Waals surface area contributed by atoms with Gasteiger partial charge in [-0.15, -0.1) is 0 Å². The number of esters is 1. The highest BCUT2D eigenvalue weighted by molar-refractivity contribution is 6.40. The van der Waals surface area contributed by atoms with Crippen molar-refractivity contribution in [2.75, 3.05) is 17.7 Å². The van der Waals surface area contributed by atoms with Crippen molar-refractivity contribution < 1.29 is 23.9 Å². The molecule has 0 bridgehead atoms. The number of amides is 3. The minimum Gasteiger partial charge on any atom is -0.465 e. The molecule has 3 aromatic carbocycles. The molecule has 3 N–H and O–H groups in total. The Bertz CT molecular complexity index is 1230. The molecule has 9 nitrogen and oxygen atoms in total. The molecule has 3 amide bonds. The van der Waals surface area contributed by atoms with E-state index in [1.165, 1.54) is 25.5 Å². The average Bonchev–Trinajstić information content (AvgIpc) is 2.85. The number of nitrogens with zero attached hydrogens (tertiary/aromatic N) is 1. The number of carbonyl (C=O) groups is 4. The smallest absolute Gasteiger partial charge is 0.337 e. The van der Waals surface area contributed by atoms with E-state index in [4.69, 9.17) is 0 Å². The molecule has 0 atom stereocenters. The number of carbonyl (C=O) groups excluding carboxylic acids is 4. The van der Waals surface area contributed by atoms with Crippen LogP contribution in [0.2, 0.25) is 0 Å². The highest BCUT2D eigenvalue weighted by atomic mass is 16.5. The number of benzene rings is 3. The second kappa shape index (κ2) is 11.2. The van der Waals surface area contributed by atoms with Gasteiger partial charge in [0.05, 0.1) is 30.1 Å². The summed E-state index contributed by atoms with van der Waals surface area (Å²) < 4.78 is 4.62. The molecule has 0 aromatic heterocycles. The van der Waals surface area contributed by atoms with Crippen LogP contribution in [-0.4, -0.2) is 37.0 Å². The van der Waals surface area contributed by atoms with Gasteiger partial charge >= 0.3 is 17.8 Å². The number of hydrogen-bond acceptors (Lipinski definition) is 6. The topological polar surface area (TPSA) is 126 Å². The molecular formula is C25H22N4O5. The van der Waals surface area contributed by atoms with Crippen molar-refractivity contribution >= 4 is 41.3 Å². The molecule has 0 heterocycles. The molecule has 3 rings (SSSR count). The van der Waals surface area contributed by atoms with Gasteiger partial charge in [-0.25, -0.2) is 10.2 Å². The van der Waals surface area contributed by atoms with E-state index >= 15 is 0 Å². The van der Waals surface area contributed by atoms with Crippen molar-refractivity contribution in [1.29, 1.82) is 0 Å². The molecule has 0 fully saturated rings. The molecule has 0 saturated heterocycles. The highest BCUT2D eigenvalue weighted by Crippen LogP contribution is 2.18. The number of hydrazone groups is 1. The average molecular weight is 458 g/mol. The van der Waals surface area contributed by atoms with E-state index in [0.29, 0.717) is 16.8 Å². The zero-order valence-electron chi connectivity index (χ0n) is 18.5. The van der Waals surface area contributed by atoms with Gasteiger partial charge in [-0.2, -0.15) is 5.10 Å². The van der Waals surface area contributed by atoms with Gasteiger partial charge in [0.1, 0.15) is 0 Å². The monoisotopic (exact) mass is 458 g/mol. The van der Waals surface area contributed by atoms with Crippen molar-refractivity contribution in [2.45, 2.75) is 6.92 Å². The van der Waals surface area contributed by atoms with Gasteiger partial charge in [-0.1, -0.05) is 42.0 Å². The normalized spacial score (nSPS) is 10.4. The molecule has 0 saturated carbocycles. The summed E-state index contributed by atoms with van der Waals surface area (Å²) in [5.41, 5.74) is 5.10. The second-order valence-corrected chi connectivity index (χ2v) is 7.13. The zero-order valence-corrected chi connectivity index (χ0v) is 18.5. The fourth-order valence-electron chi connectivity index (χ4n) is 2.84. The fraction of sp³-hybridized carbons (Fsp3) is 0.0800. The van der Waals surface area contributed by atoms with Crippen molar-refractivity contribution in [3.8, 4) is 0 Å². The van der Waals surface area contributed by atoms with E-state index in [2.05, 4.69) is 25.9 Å². The first-order chi connectivity index (χ1) is 16.4. The number of ether oxygens (including phenoxy) is 1. The van der Waals surface area contributed by atoms with E-state index in [0.717, 1.165) is 5.56 Å². The Labute approximate surface area is 195 Å². The molecule has 172 valence electrons. The number of anilines is 2. The summed E-state index contributed by atoms with van der Waals surface area (Å²) in [7, 11) is 1.28. The summed E-state index contributed by atoms with van der Waals surface area (Å²) in [4.78, 5) is 48.5. The molecule has 3 aromatic rings. The lowest BCUT2D eigenvalue weighted by Crippen LogP contribution is -2.33. The Hall–Kier alpha value is -4.79. The van der Waals surface area contributed by atoms with E-state index < -0.39 is 23.7 Å². The van der Waals surface area contributed by atoms with Gasteiger partial charge in [0.25, 0.3) is 5.91 Å². The first-order valence-electron chi connectivity index (χ1n) is 10.2. The minimum absolute atomic E-state index is 0.176. The van der Waals surface area contributed by atoms with Crippen molar-refractivity contribution in [1.82, 2.24) is 5.43 Å². The Morgan fingerprint density at radius 1 is 0.824 bits per heavy atom. The molecule has 0 unspecified atom stereocenters. The predicted octanol–water partition coefficient (Wildman–Crippen LogP) is 3.12. The Balaban J connectivity index is 1.60. The number of methoxy groups -OCH3 is 1. The van der Waals surface area contributed by atoms with Gasteiger partial charge < -0.3 is 15.4 Å². The lowest BCUT2D eigenvalue weighted by molar-refractivity contribution is -0.136. The third-order valence-corrected chi connectivity index (χ3v) is 4.65. The van der Waals surface area contributed by atoms with Crippen LogP contribution in [0.1, 0.15) is 31.8 Å². The molecule has 0 aliphatic rings. The van der Waals surface area contributed by atoms with E-state index in [1.807, 2.05) is 19.1 Å².